The highest BCUT2D eigenvalue weighted by Gasteiger charge is 2.74. The van der Waals surface area contributed by atoms with Gasteiger partial charge in [-0.15, -0.1) is 38.0 Å². The largest absolute Gasteiger partial charge is 0.504 e. The molecule has 4 fully saturated rings. The summed E-state index contributed by atoms with van der Waals surface area (Å²) in [4.78, 5) is 29.8. The summed E-state index contributed by atoms with van der Waals surface area (Å²) < 4.78 is 12.0. The number of rotatable bonds is 4. The molecule has 2 aromatic rings. The van der Waals surface area contributed by atoms with Crippen LogP contribution in [-0.4, -0.2) is 103 Å². The molecule has 50 heavy (non-hydrogen) atoms. The number of aromatic hydroxyl groups is 2. The molecule has 10 nitrogen and oxygen atoms in total. The zero-order valence-electron chi connectivity index (χ0n) is 27.8. The Morgan fingerprint density at radius 2 is 1.10 bits per heavy atom. The minimum Gasteiger partial charge on any atom is -0.504 e. The average molecular weight is 728 g/mol. The first-order valence-electron chi connectivity index (χ1n) is 17.3. The molecule has 4 aliphatic carbocycles. The number of nitrogens with zero attached hydrogens (tertiary/aromatic N) is 2. The predicted molar refractivity (Wildman–Crippen MR) is 189 cm³/mol. The van der Waals surface area contributed by atoms with Crippen LogP contribution in [0.2, 0.25) is 0 Å². The molecule has 4 heterocycles. The summed E-state index contributed by atoms with van der Waals surface area (Å²) in [5, 5.41) is 44.2. The van der Waals surface area contributed by atoms with Gasteiger partial charge in [-0.1, -0.05) is 24.3 Å². The Balaban J connectivity index is 0.000000151. The molecule has 8 atom stereocenters. The van der Waals surface area contributed by atoms with Gasteiger partial charge in [0, 0.05) is 62.2 Å². The van der Waals surface area contributed by atoms with E-state index in [0.29, 0.717) is 62.9 Å². The number of carbonyl (C=O) groups is 2. The number of halogens is 2. The maximum absolute atomic E-state index is 12.6. The van der Waals surface area contributed by atoms with Crippen molar-refractivity contribution in [2.45, 2.75) is 97.7 Å². The lowest BCUT2D eigenvalue weighted by Gasteiger charge is -2.62. The molecule has 2 saturated heterocycles. The molecule has 10 rings (SSSR count). The highest BCUT2D eigenvalue weighted by Crippen LogP contribution is 2.66. The van der Waals surface area contributed by atoms with Gasteiger partial charge in [0.15, 0.2) is 46.8 Å². The van der Waals surface area contributed by atoms with Crippen LogP contribution in [0, 0.1) is 0 Å². The van der Waals surface area contributed by atoms with Crippen LogP contribution in [0.1, 0.15) is 60.8 Å². The second-order valence-corrected chi connectivity index (χ2v) is 15.1. The third-order valence-corrected chi connectivity index (χ3v) is 13.5. The van der Waals surface area contributed by atoms with Gasteiger partial charge in [-0.05, 0) is 61.8 Å². The number of phenols is 2. The van der Waals surface area contributed by atoms with Gasteiger partial charge in [-0.2, -0.15) is 0 Å². The standard InChI is InChI=1S/2C19H21NO4.2ClH/c2*1-2-8-20-9-7-18-15-11-3-4-12(21)16(15)24-17(18)13(22)5-6-19(18,23)14(20)10-11;;/h2*2-4,14,17,21,23H,1,5-10H2;2*1H/t2*14-,17+,18+,19-;;/m11../s1. The molecule has 2 saturated carbocycles. The average Bonchev–Trinajstić information content (AvgIpc) is 3.61. The van der Waals surface area contributed by atoms with E-state index in [2.05, 4.69) is 23.0 Å². The number of aliphatic hydroxyl groups is 2. The van der Waals surface area contributed by atoms with E-state index in [1.165, 1.54) is 0 Å². The van der Waals surface area contributed by atoms with Crippen molar-refractivity contribution in [3.05, 3.63) is 71.8 Å². The van der Waals surface area contributed by atoms with Gasteiger partial charge in [0.1, 0.15) is 0 Å². The van der Waals surface area contributed by atoms with Crippen molar-refractivity contribution in [2.75, 3.05) is 26.2 Å². The number of Topliss-reactive ketones (excluding diaryl/α,β-unsaturated/α-hetero) is 2. The number of ether oxygens (including phenoxy) is 2. The van der Waals surface area contributed by atoms with Gasteiger partial charge in [0.05, 0.1) is 22.0 Å². The molecule has 4 N–H and O–H groups in total. The van der Waals surface area contributed by atoms with Crippen molar-refractivity contribution in [3.8, 4) is 23.0 Å². The first kappa shape index (κ1) is 35.3. The third-order valence-electron chi connectivity index (χ3n) is 13.5. The minimum absolute atomic E-state index is 0. The topological polar surface area (TPSA) is 140 Å². The number of benzene rings is 2. The van der Waals surface area contributed by atoms with E-state index in [4.69, 9.17) is 9.47 Å². The summed E-state index contributed by atoms with van der Waals surface area (Å²) in [6, 6.07) is 7.03. The van der Waals surface area contributed by atoms with Gasteiger partial charge in [0.25, 0.3) is 0 Å². The van der Waals surface area contributed by atoms with E-state index < -0.39 is 34.2 Å². The van der Waals surface area contributed by atoms with Gasteiger partial charge in [-0.3, -0.25) is 19.4 Å². The predicted octanol–water partition coefficient (Wildman–Crippen LogP) is 3.45. The van der Waals surface area contributed by atoms with Crippen LogP contribution in [0.25, 0.3) is 0 Å². The quantitative estimate of drug-likeness (QED) is 0.347. The van der Waals surface area contributed by atoms with Crippen molar-refractivity contribution in [3.63, 3.8) is 0 Å². The minimum atomic E-state index is -1.00. The number of phenolic OH excluding ortho intramolecular Hbond substituents is 2. The first-order chi connectivity index (χ1) is 23.1. The Kier molecular flexibility index (Phi) is 8.26. The lowest BCUT2D eigenvalue weighted by atomic mass is 9.49. The Morgan fingerprint density at radius 3 is 1.48 bits per heavy atom. The molecule has 0 aromatic heterocycles. The van der Waals surface area contributed by atoms with Gasteiger partial charge < -0.3 is 29.9 Å². The van der Waals surface area contributed by atoms with Gasteiger partial charge in [-0.25, -0.2) is 0 Å². The number of likely N-dealkylation sites (tertiary alicyclic amines) is 2. The molecule has 4 bridgehead atoms. The van der Waals surface area contributed by atoms with Crippen LogP contribution in [-0.2, 0) is 33.3 Å². The Labute approximate surface area is 303 Å². The highest BCUT2D eigenvalue weighted by molar-refractivity contribution is 5.91. The molecule has 0 amide bonds. The third kappa shape index (κ3) is 4.01. The summed E-state index contributed by atoms with van der Waals surface area (Å²) >= 11 is 0. The van der Waals surface area contributed by atoms with E-state index in [0.717, 1.165) is 48.4 Å². The van der Waals surface area contributed by atoms with Crippen LogP contribution >= 0.6 is 24.8 Å². The highest BCUT2D eigenvalue weighted by atomic mass is 35.5. The van der Waals surface area contributed by atoms with Crippen LogP contribution in [0.4, 0.5) is 0 Å². The summed E-state index contributed by atoms with van der Waals surface area (Å²) in [7, 11) is 0. The molecule has 4 aliphatic heterocycles. The van der Waals surface area contributed by atoms with Gasteiger partial charge in [0.2, 0.25) is 0 Å². The summed E-state index contributed by atoms with van der Waals surface area (Å²) in [6.45, 7) is 10.7. The molecule has 268 valence electrons. The first-order valence-corrected chi connectivity index (χ1v) is 17.3. The fraction of sp³-hybridized carbons (Fsp3) is 0.526. The van der Waals surface area contributed by atoms with Crippen molar-refractivity contribution >= 4 is 36.4 Å². The van der Waals surface area contributed by atoms with Gasteiger partial charge >= 0.3 is 0 Å². The fourth-order valence-electron chi connectivity index (χ4n) is 11.6. The summed E-state index contributed by atoms with van der Waals surface area (Å²) in [5.41, 5.74) is 0.512. The Morgan fingerprint density at radius 1 is 0.700 bits per heavy atom. The zero-order valence-corrected chi connectivity index (χ0v) is 29.4. The zero-order chi connectivity index (χ0) is 33.4. The van der Waals surface area contributed by atoms with E-state index in [9.17, 15) is 30.0 Å². The summed E-state index contributed by atoms with van der Waals surface area (Å²) in [5.74, 6) is 1.06. The lowest BCUT2D eigenvalue weighted by Crippen LogP contribution is -2.76. The maximum atomic E-state index is 12.6. The smallest absolute Gasteiger partial charge is 0.174 e. The van der Waals surface area contributed by atoms with Crippen LogP contribution in [0.5, 0.6) is 23.0 Å². The van der Waals surface area contributed by atoms with E-state index in [-0.39, 0.29) is 60.0 Å². The number of ketones is 2. The number of carbonyl (C=O) groups excluding carboxylic acids is 2. The maximum Gasteiger partial charge on any atom is 0.174 e. The monoisotopic (exact) mass is 726 g/mol. The van der Waals surface area contributed by atoms with Crippen LogP contribution in [0.15, 0.2) is 49.6 Å². The molecule has 8 aliphatic rings. The molecular formula is C38H44Cl2N2O8. The van der Waals surface area contributed by atoms with Crippen molar-refractivity contribution in [2.24, 2.45) is 0 Å². The van der Waals surface area contributed by atoms with Crippen molar-refractivity contribution in [1.29, 1.82) is 0 Å². The summed E-state index contributed by atoms with van der Waals surface area (Å²) in [6.07, 6.45) is 6.69. The number of hydrogen-bond acceptors (Lipinski definition) is 10. The normalized spacial score (nSPS) is 37.7. The molecule has 0 radical (unpaired) electrons. The fourth-order valence-corrected chi connectivity index (χ4v) is 11.6. The van der Waals surface area contributed by atoms with Crippen LogP contribution in [0.3, 0.4) is 0 Å². The Bertz CT molecular complexity index is 1690. The van der Waals surface area contributed by atoms with Crippen molar-refractivity contribution < 1.29 is 39.5 Å². The van der Waals surface area contributed by atoms with E-state index in [1.807, 2.05) is 24.3 Å². The second-order valence-electron chi connectivity index (χ2n) is 15.1. The van der Waals surface area contributed by atoms with Crippen molar-refractivity contribution in [1.82, 2.24) is 9.80 Å². The number of piperidine rings is 2. The molecule has 12 heteroatoms. The number of hydrogen-bond donors (Lipinski definition) is 4. The molecule has 0 unspecified atom stereocenters. The Hall–Kier alpha value is -3.12. The molecule has 2 aromatic carbocycles. The molecule has 2 spiro atoms. The SMILES string of the molecule is C=CCN1CC[C@]23c4c5ccc(O)c4O[C@H]2C(=O)CC[C@@]3(O)[C@H]1C5.C=CCN1CC[C@]23c4c5ccc(O)c4O[C@H]2C(=O)CC[C@@]3(O)[C@H]1C5.Cl.Cl. The van der Waals surface area contributed by atoms with Crippen LogP contribution < -0.4 is 9.47 Å². The van der Waals surface area contributed by atoms with E-state index >= 15 is 0 Å². The molecular weight excluding hydrogens is 683 g/mol. The van der Waals surface area contributed by atoms with E-state index in [1.54, 1.807) is 12.1 Å². The lowest BCUT2D eigenvalue weighted by molar-refractivity contribution is -0.187. The second kappa shape index (κ2) is 11.7.